The zero-order chi connectivity index (χ0) is 21.9. The molecule has 1 fully saturated rings. The maximum atomic E-state index is 14.4. The molecule has 0 N–H and O–H groups in total. The summed E-state index contributed by atoms with van der Waals surface area (Å²) < 4.78 is 40.6. The summed E-state index contributed by atoms with van der Waals surface area (Å²) in [5.74, 6) is -0.981. The van der Waals surface area contributed by atoms with Crippen LogP contribution in [0.5, 0.6) is 0 Å². The summed E-state index contributed by atoms with van der Waals surface area (Å²) in [5, 5.41) is 0. The first-order valence-electron chi connectivity index (χ1n) is 9.55. The van der Waals surface area contributed by atoms with E-state index in [-0.39, 0.29) is 23.1 Å². The summed E-state index contributed by atoms with van der Waals surface area (Å²) in [6.07, 6.45) is 0. The molecule has 0 spiro atoms. The summed E-state index contributed by atoms with van der Waals surface area (Å²) in [7, 11) is -2.37. The summed E-state index contributed by atoms with van der Waals surface area (Å²) in [4.78, 5) is 27.5. The molecule has 0 saturated carbocycles. The van der Waals surface area contributed by atoms with Crippen molar-refractivity contribution in [2.75, 3.05) is 44.7 Å². The third-order valence-electron chi connectivity index (χ3n) is 5.14. The fourth-order valence-corrected chi connectivity index (χ4v) is 4.47. The van der Waals surface area contributed by atoms with Crippen LogP contribution in [0.4, 0.5) is 10.1 Å². The summed E-state index contributed by atoms with van der Waals surface area (Å²) in [6.45, 7) is 2.65. The van der Waals surface area contributed by atoms with Gasteiger partial charge in [-0.25, -0.2) is 12.8 Å². The van der Waals surface area contributed by atoms with E-state index in [9.17, 15) is 22.4 Å². The lowest BCUT2D eigenvalue weighted by Crippen LogP contribution is -2.51. The molecule has 1 aliphatic rings. The molecule has 0 atom stereocenters. The number of halogens is 1. The Morgan fingerprint density at radius 1 is 1.03 bits per heavy atom. The maximum absolute atomic E-state index is 14.4. The van der Waals surface area contributed by atoms with Gasteiger partial charge < -0.3 is 9.80 Å². The first-order chi connectivity index (χ1) is 14.2. The second-order valence-electron chi connectivity index (χ2n) is 7.16. The lowest BCUT2D eigenvalue weighted by molar-refractivity contribution is -0.131. The summed E-state index contributed by atoms with van der Waals surface area (Å²) >= 11 is 0. The molecule has 7 nitrogen and oxygen atoms in total. The third-order valence-corrected chi connectivity index (χ3v) is 6.95. The molecule has 1 aliphatic heterocycles. The molecule has 0 bridgehead atoms. The van der Waals surface area contributed by atoms with E-state index < -0.39 is 15.8 Å². The van der Waals surface area contributed by atoms with E-state index in [0.29, 0.717) is 37.4 Å². The first-order valence-corrected chi connectivity index (χ1v) is 11.0. The van der Waals surface area contributed by atoms with Gasteiger partial charge in [-0.1, -0.05) is 18.2 Å². The number of piperazine rings is 1. The van der Waals surface area contributed by atoms with Gasteiger partial charge in [-0.05, 0) is 37.3 Å². The topological polar surface area (TPSA) is 78.0 Å². The monoisotopic (exact) mass is 433 g/mol. The zero-order valence-corrected chi connectivity index (χ0v) is 17.7. The molecule has 3 rings (SSSR count). The van der Waals surface area contributed by atoms with Gasteiger partial charge in [0.1, 0.15) is 5.82 Å². The number of anilines is 1. The number of hydrogen-bond acceptors (Lipinski definition) is 5. The normalized spacial score (nSPS) is 14.8. The number of ketones is 1. The van der Waals surface area contributed by atoms with Crippen molar-refractivity contribution in [1.82, 2.24) is 9.21 Å². The van der Waals surface area contributed by atoms with Crippen molar-refractivity contribution in [3.8, 4) is 0 Å². The van der Waals surface area contributed by atoms with Crippen LogP contribution in [0.25, 0.3) is 0 Å². The number of rotatable bonds is 6. The standard InChI is InChI=1S/C21H24FN3O4S/c1-16(26)17-8-9-20(19(22)14-17)24-10-12-25(13-11-24)21(27)15-23(2)30(28,29)18-6-4-3-5-7-18/h3-9,14H,10-13,15H2,1-2H3. The largest absolute Gasteiger partial charge is 0.366 e. The molecule has 9 heteroatoms. The Labute approximate surface area is 175 Å². The van der Waals surface area contributed by atoms with Crippen molar-refractivity contribution in [1.29, 1.82) is 0 Å². The van der Waals surface area contributed by atoms with E-state index in [1.165, 1.54) is 32.2 Å². The van der Waals surface area contributed by atoms with Gasteiger partial charge in [-0.3, -0.25) is 9.59 Å². The van der Waals surface area contributed by atoms with E-state index >= 15 is 0 Å². The highest BCUT2D eigenvalue weighted by Gasteiger charge is 2.27. The number of carbonyl (C=O) groups is 2. The van der Waals surface area contributed by atoms with Crippen molar-refractivity contribution >= 4 is 27.4 Å². The minimum absolute atomic E-state index is 0.134. The number of benzene rings is 2. The second kappa shape index (κ2) is 8.93. The van der Waals surface area contributed by atoms with Crippen LogP contribution >= 0.6 is 0 Å². The molecule has 0 aliphatic carbocycles. The van der Waals surface area contributed by atoms with Crippen molar-refractivity contribution in [2.24, 2.45) is 0 Å². The molecular weight excluding hydrogens is 409 g/mol. The number of Topliss-reactive ketones (excluding diaryl/α,β-unsaturated/α-hetero) is 1. The van der Waals surface area contributed by atoms with Gasteiger partial charge in [0.05, 0.1) is 17.1 Å². The van der Waals surface area contributed by atoms with Gasteiger partial charge in [0.15, 0.2) is 5.78 Å². The van der Waals surface area contributed by atoms with Crippen LogP contribution < -0.4 is 4.90 Å². The van der Waals surface area contributed by atoms with Gasteiger partial charge in [0.25, 0.3) is 0 Å². The van der Waals surface area contributed by atoms with E-state index in [1.54, 1.807) is 35.2 Å². The maximum Gasteiger partial charge on any atom is 0.243 e. The highest BCUT2D eigenvalue weighted by Crippen LogP contribution is 2.22. The van der Waals surface area contributed by atoms with Crippen LogP contribution in [0, 0.1) is 5.82 Å². The Kier molecular flexibility index (Phi) is 6.52. The van der Waals surface area contributed by atoms with Crippen molar-refractivity contribution in [3.63, 3.8) is 0 Å². The summed E-state index contributed by atoms with van der Waals surface area (Å²) in [6, 6.07) is 12.3. The fraction of sp³-hybridized carbons (Fsp3) is 0.333. The van der Waals surface area contributed by atoms with Gasteiger partial charge in [-0.2, -0.15) is 4.31 Å². The molecule has 2 aromatic rings. The van der Waals surface area contributed by atoms with E-state index in [0.717, 1.165) is 4.31 Å². The molecule has 0 unspecified atom stereocenters. The number of carbonyl (C=O) groups excluding carboxylic acids is 2. The number of nitrogens with zero attached hydrogens (tertiary/aromatic N) is 3. The highest BCUT2D eigenvalue weighted by atomic mass is 32.2. The molecule has 1 saturated heterocycles. The van der Waals surface area contributed by atoms with Gasteiger partial charge in [-0.15, -0.1) is 0 Å². The molecule has 160 valence electrons. The van der Waals surface area contributed by atoms with Crippen LogP contribution in [-0.2, 0) is 14.8 Å². The average molecular weight is 434 g/mol. The van der Waals surface area contributed by atoms with Crippen LogP contribution in [0.2, 0.25) is 0 Å². The first kappa shape index (κ1) is 21.9. The Balaban J connectivity index is 1.60. The van der Waals surface area contributed by atoms with E-state index in [4.69, 9.17) is 0 Å². The number of hydrogen-bond donors (Lipinski definition) is 0. The van der Waals surface area contributed by atoms with Crippen molar-refractivity contribution in [3.05, 3.63) is 59.9 Å². The van der Waals surface area contributed by atoms with Gasteiger partial charge in [0, 0.05) is 38.8 Å². The summed E-state index contributed by atoms with van der Waals surface area (Å²) in [5.41, 5.74) is 0.698. The lowest BCUT2D eigenvalue weighted by Gasteiger charge is -2.36. The molecule has 0 aromatic heterocycles. The van der Waals surface area contributed by atoms with Crippen LogP contribution in [0.15, 0.2) is 53.4 Å². The van der Waals surface area contributed by atoms with Crippen molar-refractivity contribution < 1.29 is 22.4 Å². The van der Waals surface area contributed by atoms with Crippen molar-refractivity contribution in [2.45, 2.75) is 11.8 Å². The van der Waals surface area contributed by atoms with Gasteiger partial charge in [0.2, 0.25) is 15.9 Å². The molecule has 1 amide bonds. The molecule has 0 radical (unpaired) electrons. The Bertz CT molecular complexity index is 1040. The average Bonchev–Trinajstić information content (AvgIpc) is 2.74. The molecular formula is C21H24FN3O4S. The second-order valence-corrected chi connectivity index (χ2v) is 9.21. The molecule has 1 heterocycles. The number of sulfonamides is 1. The van der Waals surface area contributed by atoms with E-state index in [1.807, 2.05) is 4.90 Å². The van der Waals surface area contributed by atoms with Crippen LogP contribution in [0.3, 0.4) is 0 Å². The third kappa shape index (κ3) is 4.68. The SMILES string of the molecule is CC(=O)c1ccc(N2CCN(C(=O)CN(C)S(=O)(=O)c3ccccc3)CC2)c(F)c1. The molecule has 2 aromatic carbocycles. The zero-order valence-electron chi connectivity index (χ0n) is 16.9. The Morgan fingerprint density at radius 2 is 1.67 bits per heavy atom. The smallest absolute Gasteiger partial charge is 0.243 e. The molecule has 30 heavy (non-hydrogen) atoms. The Morgan fingerprint density at radius 3 is 2.23 bits per heavy atom. The number of likely N-dealkylation sites (N-methyl/N-ethyl adjacent to an activating group) is 1. The predicted octanol–water partition coefficient (Wildman–Crippen LogP) is 2.00. The highest BCUT2D eigenvalue weighted by molar-refractivity contribution is 7.89. The Hall–Kier alpha value is -2.78. The minimum Gasteiger partial charge on any atom is -0.366 e. The number of amides is 1. The van der Waals surface area contributed by atoms with Gasteiger partial charge >= 0.3 is 0 Å². The predicted molar refractivity (Wildman–Crippen MR) is 111 cm³/mol. The van der Waals surface area contributed by atoms with Crippen LogP contribution in [0.1, 0.15) is 17.3 Å². The minimum atomic E-state index is -3.74. The van der Waals surface area contributed by atoms with Crippen LogP contribution in [-0.4, -0.2) is 69.1 Å². The van der Waals surface area contributed by atoms with E-state index in [2.05, 4.69) is 0 Å². The lowest BCUT2D eigenvalue weighted by atomic mass is 10.1. The quantitative estimate of drug-likeness (QED) is 0.651. The fourth-order valence-electron chi connectivity index (χ4n) is 3.33.